The first-order valence-corrected chi connectivity index (χ1v) is 6.96. The van der Waals surface area contributed by atoms with Crippen LogP contribution < -0.4 is 0 Å². The molecule has 0 aliphatic heterocycles. The summed E-state index contributed by atoms with van der Waals surface area (Å²) in [5.74, 6) is 0. The number of hydrogen-bond acceptors (Lipinski definition) is 2. The van der Waals surface area contributed by atoms with Crippen LogP contribution in [0.2, 0.25) is 0 Å². The lowest BCUT2D eigenvalue weighted by Crippen LogP contribution is -2.28. The number of benzene rings is 1. The molecule has 0 saturated carbocycles. The van der Waals surface area contributed by atoms with Crippen LogP contribution in [0.4, 0.5) is 0 Å². The zero-order chi connectivity index (χ0) is 12.2. The van der Waals surface area contributed by atoms with E-state index in [1.165, 1.54) is 4.31 Å². The van der Waals surface area contributed by atoms with Gasteiger partial charge in [-0.15, -0.1) is 0 Å². The van der Waals surface area contributed by atoms with Crippen molar-refractivity contribution in [2.75, 3.05) is 13.6 Å². The molecule has 0 fully saturated rings. The van der Waals surface area contributed by atoms with Gasteiger partial charge < -0.3 is 0 Å². The van der Waals surface area contributed by atoms with Crippen molar-refractivity contribution in [2.24, 2.45) is 0 Å². The molecule has 1 rings (SSSR count). The third-order valence-corrected chi connectivity index (χ3v) is 4.63. The topological polar surface area (TPSA) is 37.4 Å². The van der Waals surface area contributed by atoms with Crippen molar-refractivity contribution in [1.82, 2.24) is 4.31 Å². The molecule has 4 heteroatoms. The van der Waals surface area contributed by atoms with Crippen LogP contribution in [0.1, 0.15) is 25.3 Å². The molecule has 0 unspecified atom stereocenters. The maximum atomic E-state index is 12.2. The number of aryl methyl sites for hydroxylation is 1. The van der Waals surface area contributed by atoms with Crippen molar-refractivity contribution in [3.8, 4) is 0 Å². The molecule has 0 aromatic heterocycles. The summed E-state index contributed by atoms with van der Waals surface area (Å²) >= 11 is 0. The van der Waals surface area contributed by atoms with Gasteiger partial charge in [0.05, 0.1) is 4.90 Å². The average molecular weight is 241 g/mol. The summed E-state index contributed by atoms with van der Waals surface area (Å²) in [6.45, 7) is 4.45. The van der Waals surface area contributed by atoms with Crippen molar-refractivity contribution in [3.63, 3.8) is 0 Å². The van der Waals surface area contributed by atoms with Crippen LogP contribution in [-0.2, 0) is 10.0 Å². The van der Waals surface area contributed by atoms with Crippen LogP contribution in [0, 0.1) is 6.92 Å². The SMILES string of the molecule is CCCCN(C)S(=O)(=O)c1ccccc1C. The van der Waals surface area contributed by atoms with Crippen molar-refractivity contribution >= 4 is 10.0 Å². The van der Waals surface area contributed by atoms with Gasteiger partial charge >= 0.3 is 0 Å². The van der Waals surface area contributed by atoms with Gasteiger partial charge in [-0.1, -0.05) is 31.5 Å². The summed E-state index contributed by atoms with van der Waals surface area (Å²) in [5.41, 5.74) is 0.797. The molecule has 1 aromatic carbocycles. The number of sulfonamides is 1. The van der Waals surface area contributed by atoms with Gasteiger partial charge in [0.25, 0.3) is 0 Å². The molecule has 1 aromatic rings. The molecule has 0 heterocycles. The number of hydrogen-bond donors (Lipinski definition) is 0. The van der Waals surface area contributed by atoms with Crippen molar-refractivity contribution in [3.05, 3.63) is 29.8 Å². The summed E-state index contributed by atoms with van der Waals surface area (Å²) in [6, 6.07) is 7.08. The van der Waals surface area contributed by atoms with E-state index in [-0.39, 0.29) is 0 Å². The molecule has 0 spiro atoms. The van der Waals surface area contributed by atoms with Crippen molar-refractivity contribution < 1.29 is 8.42 Å². The maximum Gasteiger partial charge on any atom is 0.243 e. The predicted molar refractivity (Wildman–Crippen MR) is 65.9 cm³/mol. The van der Waals surface area contributed by atoms with Crippen LogP contribution in [0.3, 0.4) is 0 Å². The normalized spacial score (nSPS) is 12.0. The first-order valence-electron chi connectivity index (χ1n) is 5.52. The first-order chi connectivity index (χ1) is 7.50. The molecule has 0 radical (unpaired) electrons. The summed E-state index contributed by atoms with van der Waals surface area (Å²) < 4.78 is 25.8. The first kappa shape index (κ1) is 13.2. The smallest absolute Gasteiger partial charge is 0.207 e. The molecule has 90 valence electrons. The molecule has 0 saturated heterocycles. The van der Waals surface area contributed by atoms with E-state index in [0.29, 0.717) is 11.4 Å². The van der Waals surface area contributed by atoms with E-state index in [1.54, 1.807) is 19.2 Å². The summed E-state index contributed by atoms with van der Waals surface area (Å²) in [4.78, 5) is 0.411. The highest BCUT2D eigenvalue weighted by Crippen LogP contribution is 2.18. The van der Waals surface area contributed by atoms with Crippen LogP contribution >= 0.6 is 0 Å². The van der Waals surface area contributed by atoms with Gasteiger partial charge in [-0.3, -0.25) is 0 Å². The monoisotopic (exact) mass is 241 g/mol. The molecule has 0 N–H and O–H groups in total. The average Bonchev–Trinajstić information content (AvgIpc) is 2.26. The van der Waals surface area contributed by atoms with Crippen LogP contribution in [0.25, 0.3) is 0 Å². The molecule has 0 bridgehead atoms. The second-order valence-electron chi connectivity index (χ2n) is 3.95. The van der Waals surface area contributed by atoms with Crippen LogP contribution in [0.15, 0.2) is 29.2 Å². The Hall–Kier alpha value is -0.870. The van der Waals surface area contributed by atoms with E-state index >= 15 is 0 Å². The Kier molecular flexibility index (Phi) is 4.50. The minimum Gasteiger partial charge on any atom is -0.207 e. The Labute approximate surface area is 98.1 Å². The van der Waals surface area contributed by atoms with E-state index in [0.717, 1.165) is 18.4 Å². The quantitative estimate of drug-likeness (QED) is 0.794. The molecular weight excluding hydrogens is 222 g/mol. The third-order valence-electron chi connectivity index (χ3n) is 2.61. The Morgan fingerprint density at radius 3 is 2.44 bits per heavy atom. The molecular formula is C12H19NO2S. The predicted octanol–water partition coefficient (Wildman–Crippen LogP) is 2.42. The Morgan fingerprint density at radius 2 is 1.88 bits per heavy atom. The van der Waals surface area contributed by atoms with E-state index in [1.807, 2.05) is 26.0 Å². The van der Waals surface area contributed by atoms with E-state index < -0.39 is 10.0 Å². The lowest BCUT2D eigenvalue weighted by molar-refractivity contribution is 0.459. The lowest BCUT2D eigenvalue weighted by atomic mass is 10.2. The Bertz CT molecular complexity index is 440. The Morgan fingerprint density at radius 1 is 1.25 bits per heavy atom. The second kappa shape index (κ2) is 5.46. The third kappa shape index (κ3) is 2.83. The van der Waals surface area contributed by atoms with Gasteiger partial charge in [0.2, 0.25) is 10.0 Å². The number of nitrogens with zero attached hydrogens (tertiary/aromatic N) is 1. The summed E-state index contributed by atoms with van der Waals surface area (Å²) in [5, 5.41) is 0. The van der Waals surface area contributed by atoms with Crippen LogP contribution in [0.5, 0.6) is 0 Å². The molecule has 3 nitrogen and oxygen atoms in total. The Balaban J connectivity index is 2.98. The number of unbranched alkanes of at least 4 members (excludes halogenated alkanes) is 1. The fourth-order valence-corrected chi connectivity index (χ4v) is 2.95. The summed E-state index contributed by atoms with van der Waals surface area (Å²) in [7, 11) is -1.67. The minimum atomic E-state index is -3.31. The largest absolute Gasteiger partial charge is 0.243 e. The zero-order valence-electron chi connectivity index (χ0n) is 10.1. The van der Waals surface area contributed by atoms with Gasteiger partial charge in [-0.2, -0.15) is 0 Å². The fraction of sp³-hybridized carbons (Fsp3) is 0.500. The molecule has 16 heavy (non-hydrogen) atoms. The molecule has 0 amide bonds. The summed E-state index contributed by atoms with van der Waals surface area (Å²) in [6.07, 6.45) is 1.88. The standard InChI is InChI=1S/C12H19NO2S/c1-4-5-10-13(3)16(14,15)12-9-7-6-8-11(12)2/h6-9H,4-5,10H2,1-3H3. The fourth-order valence-electron chi connectivity index (χ4n) is 1.51. The maximum absolute atomic E-state index is 12.2. The second-order valence-corrected chi connectivity index (χ2v) is 5.96. The van der Waals surface area contributed by atoms with Crippen molar-refractivity contribution in [2.45, 2.75) is 31.6 Å². The molecule has 0 aliphatic carbocycles. The van der Waals surface area contributed by atoms with Crippen LogP contribution in [-0.4, -0.2) is 26.3 Å². The zero-order valence-corrected chi connectivity index (χ0v) is 10.9. The van der Waals surface area contributed by atoms with E-state index in [2.05, 4.69) is 0 Å². The highest BCUT2D eigenvalue weighted by molar-refractivity contribution is 7.89. The molecule has 0 aliphatic rings. The van der Waals surface area contributed by atoms with E-state index in [4.69, 9.17) is 0 Å². The highest BCUT2D eigenvalue weighted by Gasteiger charge is 2.21. The van der Waals surface area contributed by atoms with E-state index in [9.17, 15) is 8.42 Å². The minimum absolute atomic E-state index is 0.411. The van der Waals surface area contributed by atoms with Gasteiger partial charge in [0, 0.05) is 13.6 Å². The highest BCUT2D eigenvalue weighted by atomic mass is 32.2. The van der Waals surface area contributed by atoms with Gasteiger partial charge in [0.15, 0.2) is 0 Å². The van der Waals surface area contributed by atoms with Crippen molar-refractivity contribution in [1.29, 1.82) is 0 Å². The lowest BCUT2D eigenvalue weighted by Gasteiger charge is -2.17. The molecule has 0 atom stereocenters. The van der Waals surface area contributed by atoms with Gasteiger partial charge in [0.1, 0.15) is 0 Å². The number of rotatable bonds is 5. The van der Waals surface area contributed by atoms with Gasteiger partial charge in [-0.25, -0.2) is 12.7 Å². The van der Waals surface area contributed by atoms with Gasteiger partial charge in [-0.05, 0) is 25.0 Å².